The fraction of sp³-hybridized carbons (Fsp3) is 0.667. The quantitative estimate of drug-likeness (QED) is 0.749. The standard InChI is InChI=1S/C18H32N2/c1-14(2)11-18(13-19,12-15(3)4)20-16(5)17-9-7-6-8-10-17/h6-10,14-16,20H,11-13,19H2,1-5H3. The highest BCUT2D eigenvalue weighted by Gasteiger charge is 2.31. The van der Waals surface area contributed by atoms with Crippen LogP contribution < -0.4 is 11.1 Å². The molecule has 0 fully saturated rings. The van der Waals surface area contributed by atoms with Crippen LogP contribution in [0.1, 0.15) is 59.1 Å². The van der Waals surface area contributed by atoms with Crippen molar-refractivity contribution in [3.63, 3.8) is 0 Å². The van der Waals surface area contributed by atoms with E-state index in [9.17, 15) is 0 Å². The predicted molar refractivity (Wildman–Crippen MR) is 88.7 cm³/mol. The van der Waals surface area contributed by atoms with Crippen LogP contribution in [0.3, 0.4) is 0 Å². The molecule has 0 aliphatic carbocycles. The summed E-state index contributed by atoms with van der Waals surface area (Å²) in [4.78, 5) is 0. The molecule has 3 N–H and O–H groups in total. The summed E-state index contributed by atoms with van der Waals surface area (Å²) in [6.07, 6.45) is 2.25. The Kier molecular flexibility index (Phi) is 6.70. The molecule has 1 rings (SSSR count). The Bertz CT molecular complexity index is 360. The number of rotatable bonds is 8. The summed E-state index contributed by atoms with van der Waals surface area (Å²) >= 11 is 0. The van der Waals surface area contributed by atoms with Gasteiger partial charge < -0.3 is 11.1 Å². The number of hydrogen-bond acceptors (Lipinski definition) is 2. The normalized spacial score (nSPS) is 14.0. The molecular formula is C18H32N2. The SMILES string of the molecule is CC(C)CC(CN)(CC(C)C)NC(C)c1ccccc1. The molecule has 0 aliphatic rings. The van der Waals surface area contributed by atoms with Gasteiger partial charge in [0.1, 0.15) is 0 Å². The van der Waals surface area contributed by atoms with Crippen LogP contribution in [0.4, 0.5) is 0 Å². The first-order valence-corrected chi connectivity index (χ1v) is 7.91. The minimum absolute atomic E-state index is 0.0393. The number of nitrogens with two attached hydrogens (primary N) is 1. The smallest absolute Gasteiger partial charge is 0.0314 e. The van der Waals surface area contributed by atoms with Crippen LogP contribution in [0, 0.1) is 11.8 Å². The topological polar surface area (TPSA) is 38.0 Å². The fourth-order valence-electron chi connectivity index (χ4n) is 3.27. The first-order chi connectivity index (χ1) is 9.38. The molecule has 1 aromatic carbocycles. The van der Waals surface area contributed by atoms with E-state index in [4.69, 9.17) is 5.73 Å². The Morgan fingerprint density at radius 1 is 0.950 bits per heavy atom. The van der Waals surface area contributed by atoms with E-state index in [-0.39, 0.29) is 5.54 Å². The molecular weight excluding hydrogens is 244 g/mol. The van der Waals surface area contributed by atoms with Gasteiger partial charge in [-0.1, -0.05) is 58.0 Å². The molecule has 1 aromatic rings. The molecule has 20 heavy (non-hydrogen) atoms. The summed E-state index contributed by atoms with van der Waals surface area (Å²) in [5.41, 5.74) is 7.54. The van der Waals surface area contributed by atoms with E-state index in [2.05, 4.69) is 70.3 Å². The summed E-state index contributed by atoms with van der Waals surface area (Å²) in [5.74, 6) is 1.29. The molecule has 0 bridgehead atoms. The molecule has 0 saturated carbocycles. The third-order valence-corrected chi connectivity index (χ3v) is 3.81. The van der Waals surface area contributed by atoms with Crippen LogP contribution in [0.25, 0.3) is 0 Å². The van der Waals surface area contributed by atoms with Crippen molar-refractivity contribution in [3.8, 4) is 0 Å². The first kappa shape index (κ1) is 17.2. The molecule has 0 saturated heterocycles. The van der Waals surface area contributed by atoms with Gasteiger partial charge in [-0.3, -0.25) is 0 Å². The Labute approximate surface area is 125 Å². The molecule has 0 spiro atoms. The van der Waals surface area contributed by atoms with Crippen molar-refractivity contribution in [2.75, 3.05) is 6.54 Å². The number of nitrogens with one attached hydrogen (secondary N) is 1. The maximum Gasteiger partial charge on any atom is 0.0314 e. The number of hydrogen-bond donors (Lipinski definition) is 2. The van der Waals surface area contributed by atoms with E-state index >= 15 is 0 Å². The molecule has 2 heteroatoms. The largest absolute Gasteiger partial charge is 0.329 e. The van der Waals surface area contributed by atoms with Crippen LogP contribution in [0.2, 0.25) is 0 Å². The zero-order valence-corrected chi connectivity index (χ0v) is 13.8. The van der Waals surface area contributed by atoms with E-state index < -0.39 is 0 Å². The number of benzene rings is 1. The lowest BCUT2D eigenvalue weighted by molar-refractivity contribution is 0.210. The summed E-state index contributed by atoms with van der Waals surface area (Å²) in [6.45, 7) is 12.0. The maximum absolute atomic E-state index is 6.17. The summed E-state index contributed by atoms with van der Waals surface area (Å²) in [7, 11) is 0. The van der Waals surface area contributed by atoms with Crippen LogP contribution in [0.5, 0.6) is 0 Å². The van der Waals surface area contributed by atoms with Crippen molar-refractivity contribution < 1.29 is 0 Å². The minimum atomic E-state index is 0.0393. The van der Waals surface area contributed by atoms with E-state index in [0.29, 0.717) is 24.4 Å². The average Bonchev–Trinajstić information content (AvgIpc) is 2.38. The van der Waals surface area contributed by atoms with Gasteiger partial charge in [-0.05, 0) is 37.2 Å². The second-order valence-corrected chi connectivity index (χ2v) is 6.96. The van der Waals surface area contributed by atoms with E-state index in [1.165, 1.54) is 5.56 Å². The lowest BCUT2D eigenvalue weighted by atomic mass is 9.81. The molecule has 0 aromatic heterocycles. The Morgan fingerprint density at radius 3 is 1.85 bits per heavy atom. The van der Waals surface area contributed by atoms with Crippen LogP contribution >= 0.6 is 0 Å². The van der Waals surface area contributed by atoms with Gasteiger partial charge in [0.15, 0.2) is 0 Å². The maximum atomic E-state index is 6.17. The van der Waals surface area contributed by atoms with Gasteiger partial charge in [-0.2, -0.15) is 0 Å². The highest BCUT2D eigenvalue weighted by atomic mass is 15.0. The van der Waals surface area contributed by atoms with Crippen molar-refractivity contribution in [1.29, 1.82) is 0 Å². The van der Waals surface area contributed by atoms with Crippen LogP contribution in [-0.4, -0.2) is 12.1 Å². The van der Waals surface area contributed by atoms with Gasteiger partial charge in [-0.15, -0.1) is 0 Å². The molecule has 2 nitrogen and oxygen atoms in total. The summed E-state index contributed by atoms with van der Waals surface area (Å²) < 4.78 is 0. The predicted octanol–water partition coefficient (Wildman–Crippen LogP) is 4.13. The second-order valence-electron chi connectivity index (χ2n) is 6.96. The summed E-state index contributed by atoms with van der Waals surface area (Å²) in [6, 6.07) is 11.0. The third-order valence-electron chi connectivity index (χ3n) is 3.81. The van der Waals surface area contributed by atoms with Crippen molar-refractivity contribution in [2.45, 2.75) is 59.0 Å². The van der Waals surface area contributed by atoms with Gasteiger partial charge in [0.05, 0.1) is 0 Å². The highest BCUT2D eigenvalue weighted by molar-refractivity contribution is 5.19. The van der Waals surface area contributed by atoms with Crippen molar-refractivity contribution in [2.24, 2.45) is 17.6 Å². The van der Waals surface area contributed by atoms with Crippen LogP contribution in [-0.2, 0) is 0 Å². The van der Waals surface area contributed by atoms with Crippen molar-refractivity contribution in [1.82, 2.24) is 5.32 Å². The molecule has 0 heterocycles. The molecule has 0 aliphatic heterocycles. The van der Waals surface area contributed by atoms with Crippen LogP contribution in [0.15, 0.2) is 30.3 Å². The van der Waals surface area contributed by atoms with E-state index in [1.54, 1.807) is 0 Å². The Balaban J connectivity index is 2.87. The lowest BCUT2D eigenvalue weighted by Gasteiger charge is -2.39. The van der Waals surface area contributed by atoms with Gasteiger partial charge in [0.2, 0.25) is 0 Å². The molecule has 0 amide bonds. The lowest BCUT2D eigenvalue weighted by Crippen LogP contribution is -2.53. The van der Waals surface area contributed by atoms with Crippen molar-refractivity contribution >= 4 is 0 Å². The van der Waals surface area contributed by atoms with Gasteiger partial charge in [-0.25, -0.2) is 0 Å². The molecule has 1 atom stereocenters. The van der Waals surface area contributed by atoms with Gasteiger partial charge in [0, 0.05) is 18.1 Å². The highest BCUT2D eigenvalue weighted by Crippen LogP contribution is 2.27. The zero-order valence-electron chi connectivity index (χ0n) is 13.8. The van der Waals surface area contributed by atoms with Crippen molar-refractivity contribution in [3.05, 3.63) is 35.9 Å². The second kappa shape index (κ2) is 7.80. The first-order valence-electron chi connectivity index (χ1n) is 7.91. The average molecular weight is 276 g/mol. The Morgan fingerprint density at radius 2 is 1.45 bits per heavy atom. The third kappa shape index (κ3) is 5.26. The monoisotopic (exact) mass is 276 g/mol. The zero-order chi connectivity index (χ0) is 15.2. The van der Waals surface area contributed by atoms with E-state index in [0.717, 1.165) is 12.8 Å². The van der Waals surface area contributed by atoms with E-state index in [1.807, 2.05) is 0 Å². The fourth-order valence-corrected chi connectivity index (χ4v) is 3.27. The molecule has 1 unspecified atom stereocenters. The molecule has 114 valence electrons. The minimum Gasteiger partial charge on any atom is -0.329 e. The van der Waals surface area contributed by atoms with Gasteiger partial charge >= 0.3 is 0 Å². The summed E-state index contributed by atoms with van der Waals surface area (Å²) in [5, 5.41) is 3.83. The molecule has 0 radical (unpaired) electrons. The van der Waals surface area contributed by atoms with Gasteiger partial charge in [0.25, 0.3) is 0 Å². The Hall–Kier alpha value is -0.860.